The highest BCUT2D eigenvalue weighted by Gasteiger charge is 2.29. The van der Waals surface area contributed by atoms with Gasteiger partial charge < -0.3 is 10.2 Å². The summed E-state index contributed by atoms with van der Waals surface area (Å²) in [7, 11) is 0. The lowest BCUT2D eigenvalue weighted by atomic mass is 9.97. The number of nitrogens with one attached hydrogen (secondary N) is 2. The Labute approximate surface area is 158 Å². The molecule has 0 aliphatic carbocycles. The van der Waals surface area contributed by atoms with Gasteiger partial charge in [-0.05, 0) is 36.1 Å². The van der Waals surface area contributed by atoms with E-state index in [1.807, 2.05) is 24.4 Å². The van der Waals surface area contributed by atoms with Crippen molar-refractivity contribution in [1.82, 2.24) is 15.1 Å². The van der Waals surface area contributed by atoms with Crippen LogP contribution in [-0.4, -0.2) is 45.9 Å². The lowest BCUT2D eigenvalue weighted by Crippen LogP contribution is -2.45. The first-order valence-electron chi connectivity index (χ1n) is 8.02. The number of amides is 3. The summed E-state index contributed by atoms with van der Waals surface area (Å²) in [5.74, 6) is 0.589. The summed E-state index contributed by atoms with van der Waals surface area (Å²) in [6.45, 7) is 3.12. The zero-order chi connectivity index (χ0) is 17.6. The fourth-order valence-corrected chi connectivity index (χ4v) is 4.82. The van der Waals surface area contributed by atoms with Crippen molar-refractivity contribution in [2.45, 2.75) is 24.1 Å². The van der Waals surface area contributed by atoms with Crippen molar-refractivity contribution in [3.8, 4) is 0 Å². The Bertz CT molecular complexity index is 719. The van der Waals surface area contributed by atoms with E-state index >= 15 is 0 Å². The van der Waals surface area contributed by atoms with Crippen LogP contribution in [0.15, 0.2) is 21.9 Å². The molecule has 2 aromatic rings. The predicted octanol–water partition coefficient (Wildman–Crippen LogP) is 3.59. The molecule has 1 aliphatic heterocycles. The van der Waals surface area contributed by atoms with E-state index in [1.165, 1.54) is 22.7 Å². The van der Waals surface area contributed by atoms with Crippen molar-refractivity contribution in [1.29, 1.82) is 0 Å². The number of hydrogen-bond acceptors (Lipinski definition) is 7. The van der Waals surface area contributed by atoms with Gasteiger partial charge in [-0.25, -0.2) is 4.79 Å². The van der Waals surface area contributed by atoms with Crippen molar-refractivity contribution in [3.05, 3.63) is 17.5 Å². The van der Waals surface area contributed by atoms with Gasteiger partial charge in [0, 0.05) is 13.1 Å². The summed E-state index contributed by atoms with van der Waals surface area (Å²) in [5.41, 5.74) is 0. The Morgan fingerprint density at radius 2 is 2.28 bits per heavy atom. The van der Waals surface area contributed by atoms with Crippen LogP contribution in [-0.2, 0) is 4.79 Å². The number of carbonyl (C=O) groups excluding carboxylic acids is 2. The summed E-state index contributed by atoms with van der Waals surface area (Å²) in [5, 5.41) is 17.0. The maximum atomic E-state index is 12.5. The average Bonchev–Trinajstić information content (AvgIpc) is 3.27. The molecule has 7 nitrogen and oxygen atoms in total. The number of nitrogens with zero attached hydrogens (tertiary/aromatic N) is 3. The van der Waals surface area contributed by atoms with Crippen LogP contribution in [0.5, 0.6) is 0 Å². The number of carbonyl (C=O) groups is 2. The zero-order valence-electron chi connectivity index (χ0n) is 13.7. The number of thioether (sulfide) groups is 1. The summed E-state index contributed by atoms with van der Waals surface area (Å²) in [6, 6.07) is 3.59. The van der Waals surface area contributed by atoms with Crippen LogP contribution in [0, 0.1) is 5.92 Å². The van der Waals surface area contributed by atoms with Gasteiger partial charge in [0.05, 0.1) is 10.9 Å². The third-order valence-electron chi connectivity index (χ3n) is 3.74. The molecule has 0 aromatic carbocycles. The number of aromatic nitrogens is 2. The first-order valence-corrected chi connectivity index (χ1v) is 10.7. The van der Waals surface area contributed by atoms with Crippen molar-refractivity contribution >= 4 is 56.5 Å². The molecule has 0 bridgehead atoms. The van der Waals surface area contributed by atoms with Gasteiger partial charge in [-0.3, -0.25) is 10.1 Å². The number of hydrogen-bond donors (Lipinski definition) is 2. The molecule has 0 saturated carbocycles. The second-order valence-corrected chi connectivity index (χ2v) is 8.92. The maximum absolute atomic E-state index is 12.5. The number of urea groups is 1. The van der Waals surface area contributed by atoms with Gasteiger partial charge in [-0.15, -0.1) is 21.5 Å². The minimum Gasteiger partial charge on any atom is -0.324 e. The van der Waals surface area contributed by atoms with Crippen LogP contribution in [0.2, 0.25) is 0 Å². The Morgan fingerprint density at radius 1 is 1.40 bits per heavy atom. The first kappa shape index (κ1) is 18.2. The highest BCUT2D eigenvalue weighted by atomic mass is 32.2. The molecule has 10 heteroatoms. The zero-order valence-corrected chi connectivity index (χ0v) is 16.2. The number of rotatable bonds is 5. The maximum Gasteiger partial charge on any atom is 0.322 e. The lowest BCUT2D eigenvalue weighted by Gasteiger charge is -2.31. The van der Waals surface area contributed by atoms with Crippen LogP contribution >= 0.6 is 34.4 Å². The van der Waals surface area contributed by atoms with Gasteiger partial charge in [0.1, 0.15) is 0 Å². The van der Waals surface area contributed by atoms with Gasteiger partial charge in [0.2, 0.25) is 11.0 Å². The largest absolute Gasteiger partial charge is 0.324 e. The standard InChI is InChI=1S/C15H19N5O2S3/c1-2-23-15-19-18-13(25-15)17-12(21)10-5-3-7-20(9-10)14(22)16-11-6-4-8-24-11/h4,6,8,10H,2-3,5,7,9H2,1H3,(H,16,22)(H,17,18,21). The van der Waals surface area contributed by atoms with Gasteiger partial charge in [0.15, 0.2) is 4.34 Å². The number of likely N-dealkylation sites (tertiary alicyclic amines) is 1. The Kier molecular flexibility index (Phi) is 6.27. The topological polar surface area (TPSA) is 87.2 Å². The number of thiophene rings is 1. The summed E-state index contributed by atoms with van der Waals surface area (Å²) in [6.07, 6.45) is 1.58. The second-order valence-electron chi connectivity index (χ2n) is 5.49. The normalized spacial score (nSPS) is 17.3. The highest BCUT2D eigenvalue weighted by Crippen LogP contribution is 2.26. The van der Waals surface area contributed by atoms with Crippen molar-refractivity contribution < 1.29 is 9.59 Å². The minimum atomic E-state index is -0.228. The van der Waals surface area contributed by atoms with Gasteiger partial charge >= 0.3 is 6.03 Å². The molecular formula is C15H19N5O2S3. The molecule has 2 aromatic heterocycles. The third kappa shape index (κ3) is 4.93. The molecule has 3 rings (SSSR count). The molecule has 0 radical (unpaired) electrons. The quantitative estimate of drug-likeness (QED) is 0.595. The smallest absolute Gasteiger partial charge is 0.322 e. The van der Waals surface area contributed by atoms with Crippen LogP contribution in [0.1, 0.15) is 19.8 Å². The minimum absolute atomic E-state index is 0.0992. The van der Waals surface area contributed by atoms with E-state index in [1.54, 1.807) is 16.7 Å². The predicted molar refractivity (Wildman–Crippen MR) is 103 cm³/mol. The summed E-state index contributed by atoms with van der Waals surface area (Å²) < 4.78 is 0.846. The van der Waals surface area contributed by atoms with E-state index in [2.05, 4.69) is 20.8 Å². The molecule has 2 N–H and O–H groups in total. The van der Waals surface area contributed by atoms with E-state index in [0.717, 1.165) is 27.9 Å². The molecule has 1 atom stereocenters. The van der Waals surface area contributed by atoms with E-state index in [9.17, 15) is 9.59 Å². The molecule has 3 amide bonds. The number of anilines is 2. The van der Waals surface area contributed by atoms with E-state index in [-0.39, 0.29) is 17.9 Å². The van der Waals surface area contributed by atoms with Gasteiger partial charge in [-0.1, -0.05) is 30.0 Å². The Balaban J connectivity index is 1.54. The monoisotopic (exact) mass is 397 g/mol. The van der Waals surface area contributed by atoms with Crippen molar-refractivity contribution in [3.63, 3.8) is 0 Å². The van der Waals surface area contributed by atoms with Crippen molar-refractivity contribution in [2.75, 3.05) is 29.5 Å². The van der Waals surface area contributed by atoms with Gasteiger partial charge in [0.25, 0.3) is 0 Å². The fraction of sp³-hybridized carbons (Fsp3) is 0.467. The summed E-state index contributed by atoms with van der Waals surface area (Å²) >= 11 is 4.45. The van der Waals surface area contributed by atoms with Gasteiger partial charge in [-0.2, -0.15) is 0 Å². The molecule has 1 unspecified atom stereocenters. The molecular weight excluding hydrogens is 378 g/mol. The SMILES string of the molecule is CCSc1nnc(NC(=O)C2CCCN(C(=O)Nc3cccs3)C2)s1. The molecule has 1 saturated heterocycles. The van der Waals surface area contributed by atoms with Crippen molar-refractivity contribution in [2.24, 2.45) is 5.92 Å². The van der Waals surface area contributed by atoms with Crippen LogP contribution in [0.4, 0.5) is 14.9 Å². The highest BCUT2D eigenvalue weighted by molar-refractivity contribution is 8.01. The molecule has 25 heavy (non-hydrogen) atoms. The third-order valence-corrected chi connectivity index (χ3v) is 6.37. The molecule has 134 valence electrons. The molecule has 1 fully saturated rings. The molecule has 3 heterocycles. The van der Waals surface area contributed by atoms with Crippen LogP contribution in [0.25, 0.3) is 0 Å². The Morgan fingerprint density at radius 3 is 3.04 bits per heavy atom. The second kappa shape index (κ2) is 8.63. The van der Waals surface area contributed by atoms with Crippen LogP contribution in [0.3, 0.4) is 0 Å². The Hall–Kier alpha value is -1.65. The summed E-state index contributed by atoms with van der Waals surface area (Å²) in [4.78, 5) is 26.5. The first-order chi connectivity index (χ1) is 12.2. The van der Waals surface area contributed by atoms with Crippen LogP contribution < -0.4 is 10.6 Å². The van der Waals surface area contributed by atoms with E-state index < -0.39 is 0 Å². The van der Waals surface area contributed by atoms with E-state index in [0.29, 0.717) is 18.2 Å². The average molecular weight is 398 g/mol. The fourth-order valence-electron chi connectivity index (χ4n) is 2.56. The molecule has 1 aliphatic rings. The molecule has 0 spiro atoms. The number of piperidine rings is 1. The lowest BCUT2D eigenvalue weighted by molar-refractivity contribution is -0.121. The van der Waals surface area contributed by atoms with E-state index in [4.69, 9.17) is 0 Å².